The Kier molecular flexibility index (Phi) is 7.86. The van der Waals surface area contributed by atoms with E-state index in [0.717, 1.165) is 5.56 Å². The molecular formula is C24H23ClN2O3. The van der Waals surface area contributed by atoms with E-state index in [0.29, 0.717) is 35.9 Å². The molecule has 1 atom stereocenters. The van der Waals surface area contributed by atoms with E-state index < -0.39 is 6.04 Å². The second-order valence-corrected chi connectivity index (χ2v) is 7.11. The molecule has 0 spiro atoms. The predicted octanol–water partition coefficient (Wildman–Crippen LogP) is 3.88. The zero-order valence-corrected chi connectivity index (χ0v) is 17.1. The molecule has 0 unspecified atom stereocenters. The maximum Gasteiger partial charge on any atom is 0.251 e. The quantitative estimate of drug-likeness (QED) is 0.514. The topological polar surface area (TPSA) is 67.4 Å². The number of halogens is 1. The van der Waals surface area contributed by atoms with Crippen molar-refractivity contribution in [2.24, 2.45) is 0 Å². The summed E-state index contributed by atoms with van der Waals surface area (Å²) in [6.45, 7) is 0.617. The van der Waals surface area contributed by atoms with Crippen molar-refractivity contribution < 1.29 is 14.3 Å². The fraction of sp³-hybridized carbons (Fsp3) is 0.167. The number of hydrogen-bond acceptors (Lipinski definition) is 3. The van der Waals surface area contributed by atoms with E-state index in [1.165, 1.54) is 0 Å². The van der Waals surface area contributed by atoms with Crippen LogP contribution in [0.25, 0.3) is 0 Å². The van der Waals surface area contributed by atoms with Crippen molar-refractivity contribution in [1.82, 2.24) is 10.6 Å². The minimum Gasteiger partial charge on any atom is -0.492 e. The SMILES string of the molecule is O=C(N[C@H](Cc1ccccc1)C(=O)NCCOc1ccc(Cl)cc1)c1ccccc1. The molecule has 0 aliphatic carbocycles. The van der Waals surface area contributed by atoms with Gasteiger partial charge in [0.05, 0.1) is 6.54 Å². The Hall–Kier alpha value is -3.31. The Morgan fingerprint density at radius 1 is 0.867 bits per heavy atom. The van der Waals surface area contributed by atoms with E-state index in [4.69, 9.17) is 16.3 Å². The third-order valence-electron chi connectivity index (χ3n) is 4.42. The molecule has 0 fully saturated rings. The van der Waals surface area contributed by atoms with Gasteiger partial charge in [0.15, 0.2) is 0 Å². The van der Waals surface area contributed by atoms with Gasteiger partial charge in [0.2, 0.25) is 5.91 Å². The van der Waals surface area contributed by atoms with Crippen molar-refractivity contribution in [3.05, 3.63) is 101 Å². The van der Waals surface area contributed by atoms with Gasteiger partial charge < -0.3 is 15.4 Å². The summed E-state index contributed by atoms with van der Waals surface area (Å²) in [6.07, 6.45) is 0.392. The molecule has 0 bridgehead atoms. The lowest BCUT2D eigenvalue weighted by atomic mass is 10.0. The molecule has 0 saturated carbocycles. The number of amides is 2. The number of nitrogens with one attached hydrogen (secondary N) is 2. The van der Waals surface area contributed by atoms with Crippen molar-refractivity contribution in [2.75, 3.05) is 13.2 Å². The van der Waals surface area contributed by atoms with Crippen molar-refractivity contribution >= 4 is 23.4 Å². The number of carbonyl (C=O) groups is 2. The first-order valence-electron chi connectivity index (χ1n) is 9.68. The van der Waals surface area contributed by atoms with Crippen LogP contribution in [0.3, 0.4) is 0 Å². The van der Waals surface area contributed by atoms with Crippen molar-refractivity contribution in [1.29, 1.82) is 0 Å². The third kappa shape index (κ3) is 6.64. The number of rotatable bonds is 9. The summed E-state index contributed by atoms with van der Waals surface area (Å²) in [7, 11) is 0. The molecular weight excluding hydrogens is 400 g/mol. The lowest BCUT2D eigenvalue weighted by molar-refractivity contribution is -0.123. The van der Waals surface area contributed by atoms with Gasteiger partial charge in [-0.15, -0.1) is 0 Å². The molecule has 0 heterocycles. The van der Waals surface area contributed by atoms with E-state index in [1.54, 1.807) is 48.5 Å². The summed E-state index contributed by atoms with van der Waals surface area (Å²) in [5.74, 6) is 0.124. The van der Waals surface area contributed by atoms with E-state index in [2.05, 4.69) is 10.6 Å². The lowest BCUT2D eigenvalue weighted by Gasteiger charge is -2.19. The first-order chi connectivity index (χ1) is 14.6. The zero-order chi connectivity index (χ0) is 21.2. The Morgan fingerprint density at radius 2 is 1.50 bits per heavy atom. The highest BCUT2D eigenvalue weighted by Gasteiger charge is 2.21. The Balaban J connectivity index is 1.57. The second-order valence-electron chi connectivity index (χ2n) is 6.68. The highest BCUT2D eigenvalue weighted by atomic mass is 35.5. The summed E-state index contributed by atoms with van der Waals surface area (Å²) < 4.78 is 5.60. The number of ether oxygens (including phenoxy) is 1. The van der Waals surface area contributed by atoms with Crippen LogP contribution in [0.15, 0.2) is 84.9 Å². The average molecular weight is 423 g/mol. The van der Waals surface area contributed by atoms with Gasteiger partial charge in [-0.2, -0.15) is 0 Å². The first-order valence-corrected chi connectivity index (χ1v) is 10.1. The molecule has 5 nitrogen and oxygen atoms in total. The van der Waals surface area contributed by atoms with Crippen LogP contribution in [-0.2, 0) is 11.2 Å². The molecule has 3 rings (SSSR count). The number of hydrogen-bond donors (Lipinski definition) is 2. The van der Waals surface area contributed by atoms with Gasteiger partial charge in [-0.3, -0.25) is 9.59 Å². The van der Waals surface area contributed by atoms with Crippen LogP contribution < -0.4 is 15.4 Å². The molecule has 6 heteroatoms. The van der Waals surface area contributed by atoms with E-state index in [-0.39, 0.29) is 11.8 Å². The minimum absolute atomic E-state index is 0.261. The maximum atomic E-state index is 12.8. The van der Waals surface area contributed by atoms with Crippen LogP contribution in [0, 0.1) is 0 Å². The standard InChI is InChI=1S/C24H23ClN2O3/c25-20-11-13-21(14-12-20)30-16-15-26-24(29)22(17-18-7-3-1-4-8-18)27-23(28)19-9-5-2-6-10-19/h1-14,22H,15-17H2,(H,26,29)(H,27,28)/t22-/m1/s1. The fourth-order valence-electron chi connectivity index (χ4n) is 2.89. The zero-order valence-electron chi connectivity index (χ0n) is 16.4. The lowest BCUT2D eigenvalue weighted by Crippen LogP contribution is -2.48. The Bertz CT molecular complexity index is 947. The number of benzene rings is 3. The molecule has 154 valence electrons. The van der Waals surface area contributed by atoms with Crippen LogP contribution in [0.1, 0.15) is 15.9 Å². The predicted molar refractivity (Wildman–Crippen MR) is 118 cm³/mol. The van der Waals surface area contributed by atoms with Crippen molar-refractivity contribution in [3.8, 4) is 5.75 Å². The van der Waals surface area contributed by atoms with Crippen LogP contribution in [0.2, 0.25) is 5.02 Å². The maximum absolute atomic E-state index is 12.8. The normalized spacial score (nSPS) is 11.4. The molecule has 0 aliphatic heterocycles. The summed E-state index contributed by atoms with van der Waals surface area (Å²) in [5, 5.41) is 6.31. The van der Waals surface area contributed by atoms with E-state index in [1.807, 2.05) is 36.4 Å². The third-order valence-corrected chi connectivity index (χ3v) is 4.68. The van der Waals surface area contributed by atoms with Crippen LogP contribution in [-0.4, -0.2) is 31.0 Å². The Morgan fingerprint density at radius 3 is 2.17 bits per heavy atom. The fourth-order valence-corrected chi connectivity index (χ4v) is 3.01. The summed E-state index contributed by atoms with van der Waals surface area (Å²) in [4.78, 5) is 25.3. The van der Waals surface area contributed by atoms with Crippen LogP contribution in [0.5, 0.6) is 5.75 Å². The average Bonchev–Trinajstić information content (AvgIpc) is 2.78. The molecule has 30 heavy (non-hydrogen) atoms. The second kappa shape index (κ2) is 11.0. The molecule has 0 radical (unpaired) electrons. The summed E-state index contributed by atoms with van der Waals surface area (Å²) >= 11 is 5.85. The smallest absolute Gasteiger partial charge is 0.251 e. The van der Waals surface area contributed by atoms with Gasteiger partial charge in [0, 0.05) is 17.0 Å². The number of carbonyl (C=O) groups excluding carboxylic acids is 2. The van der Waals surface area contributed by atoms with Gasteiger partial charge >= 0.3 is 0 Å². The highest BCUT2D eigenvalue weighted by molar-refractivity contribution is 6.30. The monoisotopic (exact) mass is 422 g/mol. The van der Waals surface area contributed by atoms with Gasteiger partial charge in [-0.1, -0.05) is 60.1 Å². The molecule has 2 N–H and O–H groups in total. The first kappa shape index (κ1) is 21.4. The van der Waals surface area contributed by atoms with Crippen LogP contribution in [0.4, 0.5) is 0 Å². The van der Waals surface area contributed by atoms with Crippen LogP contribution >= 0.6 is 11.6 Å². The van der Waals surface area contributed by atoms with Gasteiger partial charge in [0.1, 0.15) is 18.4 Å². The van der Waals surface area contributed by atoms with E-state index >= 15 is 0 Å². The Labute approximate surface area is 181 Å². The van der Waals surface area contributed by atoms with Gasteiger partial charge in [0.25, 0.3) is 5.91 Å². The van der Waals surface area contributed by atoms with Crippen molar-refractivity contribution in [3.63, 3.8) is 0 Å². The molecule has 3 aromatic rings. The molecule has 0 saturated heterocycles. The minimum atomic E-state index is -0.698. The molecule has 3 aromatic carbocycles. The van der Waals surface area contributed by atoms with E-state index in [9.17, 15) is 9.59 Å². The van der Waals surface area contributed by atoms with Crippen molar-refractivity contribution in [2.45, 2.75) is 12.5 Å². The molecule has 2 amide bonds. The van der Waals surface area contributed by atoms with Gasteiger partial charge in [-0.05, 0) is 42.0 Å². The molecule has 0 aliphatic rings. The largest absolute Gasteiger partial charge is 0.492 e. The summed E-state index contributed by atoms with van der Waals surface area (Å²) in [5.41, 5.74) is 1.47. The molecule has 0 aromatic heterocycles. The van der Waals surface area contributed by atoms with Gasteiger partial charge in [-0.25, -0.2) is 0 Å². The summed E-state index contributed by atoms with van der Waals surface area (Å²) in [6, 6.07) is 24.7. The highest BCUT2D eigenvalue weighted by Crippen LogP contribution is 2.15.